The number of amides is 2. The van der Waals surface area contributed by atoms with Gasteiger partial charge in [-0.15, -0.1) is 0 Å². The number of carbonyl (C=O) groups excluding carboxylic acids is 2. The number of pyridine rings is 1. The second-order valence-corrected chi connectivity index (χ2v) is 10.4. The largest absolute Gasteiger partial charge is 0.478 e. The van der Waals surface area contributed by atoms with Gasteiger partial charge in [-0.05, 0) is 49.9 Å². The molecule has 3 aromatic rings. The molecule has 3 N–H and O–H groups in total. The number of carbonyl (C=O) groups is 2. The minimum absolute atomic E-state index is 0.219. The molecule has 5 rings (SSSR count). The van der Waals surface area contributed by atoms with E-state index in [4.69, 9.17) is 21.1 Å². The van der Waals surface area contributed by atoms with E-state index in [1.54, 1.807) is 37.5 Å². The van der Waals surface area contributed by atoms with Crippen LogP contribution in [0.25, 0.3) is 11.3 Å². The van der Waals surface area contributed by atoms with Gasteiger partial charge in [0.1, 0.15) is 6.04 Å². The molecule has 2 amide bonds. The number of nitrogens with one attached hydrogen (secondary N) is 2. The monoisotopic (exact) mass is 580 g/mol. The van der Waals surface area contributed by atoms with Crippen molar-refractivity contribution in [3.63, 3.8) is 0 Å². The van der Waals surface area contributed by atoms with Crippen molar-refractivity contribution in [3.05, 3.63) is 64.4 Å². The first kappa shape index (κ1) is 28.7. The number of anilines is 1. The molecule has 0 radical (unpaired) electrons. The summed E-state index contributed by atoms with van der Waals surface area (Å²) in [4.78, 5) is 41.3. The first-order valence-corrected chi connectivity index (χ1v) is 14.1. The van der Waals surface area contributed by atoms with E-state index in [-0.39, 0.29) is 31.0 Å². The summed E-state index contributed by atoms with van der Waals surface area (Å²) in [5.41, 5.74) is 3.15. The van der Waals surface area contributed by atoms with Gasteiger partial charge in [0, 0.05) is 49.2 Å². The molecule has 2 aromatic heterocycles. The number of aliphatic hydroxyl groups excluding tert-OH is 1. The Bertz CT molecular complexity index is 1420. The quantitative estimate of drug-likeness (QED) is 0.329. The molecule has 2 aliphatic rings. The Kier molecular flexibility index (Phi) is 8.96. The standard InChI is InChI=1S/C29H33ClN6O5/c1-3-41-25-13-18(6-9-31-25)24(16-37)34-27(38)17(2)36-15-20-5-4-19(12-22(20)28(36)39)26-23(30)14-32-29(35-26)33-21-7-10-40-11-8-21/h4-6,9,12-14,17,21,24,37H,3,7-8,10-11,15-16H2,1-2H3,(H,34,38)(H,32,33,35). The highest BCUT2D eigenvalue weighted by Crippen LogP contribution is 2.32. The molecule has 2 atom stereocenters. The molecule has 0 aliphatic carbocycles. The first-order chi connectivity index (χ1) is 19.9. The molecule has 4 heterocycles. The average Bonchev–Trinajstić information content (AvgIpc) is 3.32. The van der Waals surface area contributed by atoms with Crippen LogP contribution in [0.3, 0.4) is 0 Å². The third kappa shape index (κ3) is 6.42. The van der Waals surface area contributed by atoms with Crippen molar-refractivity contribution < 1.29 is 24.2 Å². The Morgan fingerprint density at radius 2 is 2.05 bits per heavy atom. The summed E-state index contributed by atoms with van der Waals surface area (Å²) in [5, 5.41) is 16.5. The summed E-state index contributed by atoms with van der Waals surface area (Å²) in [6.45, 7) is 5.30. The normalized spacial score (nSPS) is 16.7. The summed E-state index contributed by atoms with van der Waals surface area (Å²) in [5.74, 6) is 0.222. The highest BCUT2D eigenvalue weighted by Gasteiger charge is 2.35. The zero-order valence-corrected chi connectivity index (χ0v) is 23.7. The van der Waals surface area contributed by atoms with E-state index in [9.17, 15) is 14.7 Å². The maximum absolute atomic E-state index is 13.5. The second-order valence-electron chi connectivity index (χ2n) is 10.0. The van der Waals surface area contributed by atoms with Crippen LogP contribution in [0.1, 0.15) is 54.2 Å². The molecule has 1 saturated heterocycles. The molecule has 0 bridgehead atoms. The molecule has 216 valence electrons. The van der Waals surface area contributed by atoms with Gasteiger partial charge in [-0.2, -0.15) is 0 Å². The predicted octanol–water partition coefficient (Wildman–Crippen LogP) is 3.38. The van der Waals surface area contributed by atoms with Crippen LogP contribution >= 0.6 is 11.6 Å². The second kappa shape index (κ2) is 12.8. The molecule has 11 nitrogen and oxygen atoms in total. The summed E-state index contributed by atoms with van der Waals surface area (Å²) in [6.07, 6.45) is 4.85. The van der Waals surface area contributed by atoms with Gasteiger partial charge in [-0.1, -0.05) is 23.7 Å². The lowest BCUT2D eigenvalue weighted by Gasteiger charge is -2.26. The topological polar surface area (TPSA) is 139 Å². The van der Waals surface area contributed by atoms with Crippen LogP contribution in [0.4, 0.5) is 5.95 Å². The van der Waals surface area contributed by atoms with Crippen molar-refractivity contribution in [3.8, 4) is 17.1 Å². The van der Waals surface area contributed by atoms with E-state index in [1.165, 1.54) is 4.90 Å². The number of fused-ring (bicyclic) bond motifs is 1. The number of aliphatic hydroxyl groups is 1. The van der Waals surface area contributed by atoms with Crippen molar-refractivity contribution in [2.75, 3.05) is 31.7 Å². The van der Waals surface area contributed by atoms with E-state index < -0.39 is 12.1 Å². The molecule has 1 fully saturated rings. The Hall–Kier alpha value is -3.80. The molecule has 12 heteroatoms. The minimum Gasteiger partial charge on any atom is -0.478 e. The Balaban J connectivity index is 1.29. The summed E-state index contributed by atoms with van der Waals surface area (Å²) < 4.78 is 10.9. The van der Waals surface area contributed by atoms with Gasteiger partial charge in [0.15, 0.2) is 0 Å². The number of rotatable bonds is 10. The van der Waals surface area contributed by atoms with Crippen LogP contribution < -0.4 is 15.4 Å². The van der Waals surface area contributed by atoms with E-state index in [2.05, 4.69) is 25.6 Å². The third-order valence-corrected chi connectivity index (χ3v) is 7.59. The number of benzene rings is 1. The number of nitrogens with zero attached hydrogens (tertiary/aromatic N) is 4. The van der Waals surface area contributed by atoms with Gasteiger partial charge in [-0.3, -0.25) is 9.59 Å². The summed E-state index contributed by atoms with van der Waals surface area (Å²) >= 11 is 6.47. The maximum Gasteiger partial charge on any atom is 0.255 e. The molecule has 1 aromatic carbocycles. The smallest absolute Gasteiger partial charge is 0.255 e. The molecule has 0 spiro atoms. The lowest BCUT2D eigenvalue weighted by Crippen LogP contribution is -2.46. The summed E-state index contributed by atoms with van der Waals surface area (Å²) in [7, 11) is 0. The molecular formula is C29H33ClN6O5. The fourth-order valence-corrected chi connectivity index (χ4v) is 5.18. The fraction of sp³-hybridized carbons (Fsp3) is 0.414. The van der Waals surface area contributed by atoms with Gasteiger partial charge in [0.05, 0.1) is 36.2 Å². The lowest BCUT2D eigenvalue weighted by atomic mass is 10.0. The number of aromatic nitrogens is 3. The molecular weight excluding hydrogens is 548 g/mol. The fourth-order valence-electron chi connectivity index (χ4n) is 4.98. The van der Waals surface area contributed by atoms with Crippen LogP contribution in [0.2, 0.25) is 5.02 Å². The molecule has 41 heavy (non-hydrogen) atoms. The van der Waals surface area contributed by atoms with Crippen LogP contribution in [0, 0.1) is 0 Å². The number of hydrogen-bond acceptors (Lipinski definition) is 9. The van der Waals surface area contributed by atoms with E-state index >= 15 is 0 Å². The minimum atomic E-state index is -0.779. The first-order valence-electron chi connectivity index (χ1n) is 13.7. The number of halogens is 1. The van der Waals surface area contributed by atoms with Crippen LogP contribution in [0.5, 0.6) is 5.88 Å². The van der Waals surface area contributed by atoms with Gasteiger partial charge >= 0.3 is 0 Å². The Morgan fingerprint density at radius 3 is 2.80 bits per heavy atom. The van der Waals surface area contributed by atoms with Crippen molar-refractivity contribution in [1.29, 1.82) is 0 Å². The summed E-state index contributed by atoms with van der Waals surface area (Å²) in [6, 6.07) is 7.63. The van der Waals surface area contributed by atoms with Gasteiger partial charge in [-0.25, -0.2) is 15.0 Å². The molecule has 2 unspecified atom stereocenters. The number of hydrogen-bond donors (Lipinski definition) is 3. The van der Waals surface area contributed by atoms with Crippen molar-refractivity contribution in [2.24, 2.45) is 0 Å². The third-order valence-electron chi connectivity index (χ3n) is 7.31. The van der Waals surface area contributed by atoms with Crippen molar-refractivity contribution in [2.45, 2.75) is 51.4 Å². The predicted molar refractivity (Wildman–Crippen MR) is 153 cm³/mol. The van der Waals surface area contributed by atoms with Crippen molar-refractivity contribution in [1.82, 2.24) is 25.2 Å². The van der Waals surface area contributed by atoms with Crippen molar-refractivity contribution >= 4 is 29.4 Å². The van der Waals surface area contributed by atoms with E-state index in [0.29, 0.717) is 59.1 Å². The zero-order chi connectivity index (χ0) is 28.9. The highest BCUT2D eigenvalue weighted by atomic mass is 35.5. The van der Waals surface area contributed by atoms with E-state index in [0.717, 1.165) is 18.4 Å². The lowest BCUT2D eigenvalue weighted by molar-refractivity contribution is -0.126. The van der Waals surface area contributed by atoms with E-state index in [1.807, 2.05) is 19.1 Å². The van der Waals surface area contributed by atoms with Gasteiger partial charge < -0.3 is 30.1 Å². The van der Waals surface area contributed by atoms with Crippen LogP contribution in [0.15, 0.2) is 42.7 Å². The van der Waals surface area contributed by atoms with Gasteiger partial charge in [0.25, 0.3) is 5.91 Å². The number of ether oxygens (including phenoxy) is 2. The maximum atomic E-state index is 13.5. The highest BCUT2D eigenvalue weighted by molar-refractivity contribution is 6.33. The molecule has 2 aliphatic heterocycles. The zero-order valence-electron chi connectivity index (χ0n) is 23.0. The Labute approximate surface area is 243 Å². The van der Waals surface area contributed by atoms with Crippen LogP contribution in [-0.2, 0) is 16.1 Å². The van der Waals surface area contributed by atoms with Crippen LogP contribution in [-0.4, -0.2) is 75.3 Å². The average molecular weight is 581 g/mol. The van der Waals surface area contributed by atoms with Gasteiger partial charge in [0.2, 0.25) is 17.7 Å². The Morgan fingerprint density at radius 1 is 1.24 bits per heavy atom. The molecule has 0 saturated carbocycles. The SMILES string of the molecule is CCOc1cc(C(CO)NC(=O)C(C)N2Cc3ccc(-c4nc(NC5CCOCC5)ncc4Cl)cc3C2=O)ccn1.